The topological polar surface area (TPSA) is 109 Å². The summed E-state index contributed by atoms with van der Waals surface area (Å²) in [4.78, 5) is 24.4. The Balaban J connectivity index is 1.59. The summed E-state index contributed by atoms with van der Waals surface area (Å²) in [5.41, 5.74) is 2.55. The van der Waals surface area contributed by atoms with E-state index in [2.05, 4.69) is 10.6 Å². The van der Waals surface area contributed by atoms with E-state index < -0.39 is 15.9 Å². The van der Waals surface area contributed by atoms with E-state index in [1.807, 2.05) is 32.0 Å². The Morgan fingerprint density at radius 1 is 1.03 bits per heavy atom. The van der Waals surface area contributed by atoms with Crippen molar-refractivity contribution in [2.24, 2.45) is 0 Å². The molecule has 0 unspecified atom stereocenters. The lowest BCUT2D eigenvalue weighted by Crippen LogP contribution is -2.35. The highest BCUT2D eigenvalue weighted by molar-refractivity contribution is 7.89. The number of carbonyl (C=O) groups excluding carboxylic acids is 2. The summed E-state index contributed by atoms with van der Waals surface area (Å²) >= 11 is 0. The maximum absolute atomic E-state index is 12.6. The first kappa shape index (κ1) is 21.1. The van der Waals surface area contributed by atoms with E-state index in [0.29, 0.717) is 18.8 Å². The van der Waals surface area contributed by atoms with Gasteiger partial charge in [-0.2, -0.15) is 4.31 Å². The lowest BCUT2D eigenvalue weighted by Gasteiger charge is -2.24. The molecular formula is C20H25N3O5S. The number of carbonyl (C=O) groups is 2. The maximum atomic E-state index is 12.6. The van der Waals surface area contributed by atoms with Gasteiger partial charge in [-0.1, -0.05) is 24.6 Å². The number of sulfonamides is 1. The highest BCUT2D eigenvalue weighted by atomic mass is 32.2. The van der Waals surface area contributed by atoms with E-state index in [0.717, 1.165) is 30.4 Å². The predicted molar refractivity (Wildman–Crippen MR) is 108 cm³/mol. The molecule has 2 N–H and O–H groups in total. The van der Waals surface area contributed by atoms with Crippen LogP contribution in [0.4, 0.5) is 5.69 Å². The molecule has 0 bridgehead atoms. The number of aryl methyl sites for hydroxylation is 2. The average Bonchev–Trinajstić information content (AvgIpc) is 3.21. The summed E-state index contributed by atoms with van der Waals surface area (Å²) in [5, 5.41) is 4.96. The molecule has 1 aromatic heterocycles. The van der Waals surface area contributed by atoms with Gasteiger partial charge in [0, 0.05) is 18.8 Å². The van der Waals surface area contributed by atoms with Crippen molar-refractivity contribution in [3.8, 4) is 0 Å². The fourth-order valence-electron chi connectivity index (χ4n) is 3.26. The van der Waals surface area contributed by atoms with Crippen LogP contribution < -0.4 is 10.6 Å². The fraction of sp³-hybridized carbons (Fsp3) is 0.400. The molecule has 1 aliphatic heterocycles. The quantitative estimate of drug-likeness (QED) is 0.748. The Hall–Kier alpha value is -2.65. The van der Waals surface area contributed by atoms with Gasteiger partial charge in [0.25, 0.3) is 15.9 Å². The molecule has 2 amide bonds. The van der Waals surface area contributed by atoms with Gasteiger partial charge >= 0.3 is 0 Å². The lowest BCUT2D eigenvalue weighted by molar-refractivity contribution is -0.115. The van der Waals surface area contributed by atoms with E-state index in [1.165, 1.54) is 16.4 Å². The number of rotatable bonds is 6. The van der Waals surface area contributed by atoms with Crippen LogP contribution in [0.1, 0.15) is 40.9 Å². The van der Waals surface area contributed by atoms with Crippen LogP contribution in [0.2, 0.25) is 0 Å². The zero-order chi connectivity index (χ0) is 21.0. The second kappa shape index (κ2) is 8.79. The van der Waals surface area contributed by atoms with Gasteiger partial charge < -0.3 is 15.1 Å². The molecule has 8 nitrogen and oxygen atoms in total. The largest absolute Gasteiger partial charge is 0.438 e. The molecule has 0 saturated carbocycles. The molecule has 2 aromatic rings. The monoisotopic (exact) mass is 419 g/mol. The van der Waals surface area contributed by atoms with Crippen molar-refractivity contribution >= 4 is 27.5 Å². The molecule has 3 rings (SSSR count). The Kier molecular flexibility index (Phi) is 6.39. The van der Waals surface area contributed by atoms with Crippen LogP contribution in [0.25, 0.3) is 0 Å². The smallest absolute Gasteiger partial charge is 0.287 e. The van der Waals surface area contributed by atoms with Crippen LogP contribution in [0.15, 0.2) is 39.8 Å². The summed E-state index contributed by atoms with van der Waals surface area (Å²) in [6.07, 6.45) is 2.62. The van der Waals surface area contributed by atoms with Crippen molar-refractivity contribution in [2.45, 2.75) is 38.2 Å². The fourth-order valence-corrected chi connectivity index (χ4v) is 4.68. The molecule has 1 aliphatic rings. The Morgan fingerprint density at radius 2 is 1.69 bits per heavy atom. The number of nitrogens with one attached hydrogen (secondary N) is 2. The molecule has 2 heterocycles. The number of benzene rings is 1. The van der Waals surface area contributed by atoms with E-state index in [1.54, 1.807) is 0 Å². The van der Waals surface area contributed by atoms with Crippen LogP contribution in [0, 0.1) is 13.8 Å². The van der Waals surface area contributed by atoms with E-state index >= 15 is 0 Å². The molecule has 156 valence electrons. The van der Waals surface area contributed by atoms with Gasteiger partial charge in [0.1, 0.15) is 0 Å². The standard InChI is InChI=1S/C20H25N3O5S/c1-14-7-6-8-15(2)19(14)22-17(24)13-21-20(25)16-9-10-18(28-16)29(26,27)23-11-4-3-5-12-23/h6-10H,3-5,11-13H2,1-2H3,(H,21,25)(H,22,24). The number of anilines is 1. The van der Waals surface area contributed by atoms with Crippen molar-refractivity contribution < 1.29 is 22.4 Å². The number of piperidine rings is 1. The minimum absolute atomic E-state index is 0.152. The molecular weight excluding hydrogens is 394 g/mol. The molecule has 1 saturated heterocycles. The molecule has 0 aliphatic carbocycles. The Labute approximate surface area is 170 Å². The van der Waals surface area contributed by atoms with Crippen molar-refractivity contribution in [1.29, 1.82) is 0 Å². The van der Waals surface area contributed by atoms with Crippen LogP contribution in [0.3, 0.4) is 0 Å². The van der Waals surface area contributed by atoms with Crippen molar-refractivity contribution in [2.75, 3.05) is 25.0 Å². The molecule has 9 heteroatoms. The van der Waals surface area contributed by atoms with Gasteiger partial charge in [-0.05, 0) is 49.9 Å². The SMILES string of the molecule is Cc1cccc(C)c1NC(=O)CNC(=O)c1ccc(S(=O)(=O)N2CCCCC2)o1. The first-order chi connectivity index (χ1) is 13.8. The second-order valence-corrected chi connectivity index (χ2v) is 8.95. The van der Waals surface area contributed by atoms with Crippen LogP contribution >= 0.6 is 0 Å². The number of nitrogens with zero attached hydrogens (tertiary/aromatic N) is 1. The third-order valence-electron chi connectivity index (χ3n) is 4.87. The predicted octanol–water partition coefficient (Wildman–Crippen LogP) is 2.44. The zero-order valence-electron chi connectivity index (χ0n) is 16.5. The number of para-hydroxylation sites is 1. The first-order valence-electron chi connectivity index (χ1n) is 9.53. The highest BCUT2D eigenvalue weighted by Crippen LogP contribution is 2.22. The number of hydrogen-bond donors (Lipinski definition) is 2. The average molecular weight is 420 g/mol. The number of furan rings is 1. The molecule has 1 fully saturated rings. The van der Waals surface area contributed by atoms with Crippen LogP contribution in [-0.4, -0.2) is 44.2 Å². The van der Waals surface area contributed by atoms with Crippen molar-refractivity contribution in [3.05, 3.63) is 47.2 Å². The zero-order valence-corrected chi connectivity index (χ0v) is 17.3. The Morgan fingerprint density at radius 3 is 2.34 bits per heavy atom. The van der Waals surface area contributed by atoms with Crippen LogP contribution in [0.5, 0.6) is 0 Å². The normalized spacial score (nSPS) is 15.1. The highest BCUT2D eigenvalue weighted by Gasteiger charge is 2.29. The second-order valence-electron chi connectivity index (χ2n) is 7.08. The van der Waals surface area contributed by atoms with Gasteiger partial charge in [0.15, 0.2) is 5.76 Å². The lowest BCUT2D eigenvalue weighted by atomic mass is 10.1. The van der Waals surface area contributed by atoms with E-state index in [-0.39, 0.29) is 23.3 Å². The van der Waals surface area contributed by atoms with E-state index in [4.69, 9.17) is 4.42 Å². The summed E-state index contributed by atoms with van der Waals surface area (Å²) in [6.45, 7) is 4.40. The van der Waals surface area contributed by atoms with Gasteiger partial charge in [-0.3, -0.25) is 9.59 Å². The van der Waals surface area contributed by atoms with Gasteiger partial charge in [0.2, 0.25) is 11.0 Å². The third kappa shape index (κ3) is 4.86. The first-order valence-corrected chi connectivity index (χ1v) is 11.0. The van der Waals surface area contributed by atoms with Crippen molar-refractivity contribution in [1.82, 2.24) is 9.62 Å². The minimum Gasteiger partial charge on any atom is -0.438 e. The molecule has 0 atom stereocenters. The summed E-state index contributed by atoms with van der Waals surface area (Å²) in [6, 6.07) is 8.24. The van der Waals surface area contributed by atoms with Gasteiger partial charge in [-0.25, -0.2) is 8.42 Å². The molecule has 0 radical (unpaired) electrons. The number of hydrogen-bond acceptors (Lipinski definition) is 5. The summed E-state index contributed by atoms with van der Waals surface area (Å²) in [7, 11) is -3.75. The molecule has 0 spiro atoms. The van der Waals surface area contributed by atoms with E-state index in [9.17, 15) is 18.0 Å². The number of amides is 2. The maximum Gasteiger partial charge on any atom is 0.287 e. The molecule has 1 aromatic carbocycles. The minimum atomic E-state index is -3.75. The summed E-state index contributed by atoms with van der Waals surface area (Å²) in [5.74, 6) is -1.19. The third-order valence-corrected chi connectivity index (χ3v) is 6.64. The van der Waals surface area contributed by atoms with Gasteiger partial charge in [-0.15, -0.1) is 0 Å². The van der Waals surface area contributed by atoms with Gasteiger partial charge in [0.05, 0.1) is 6.54 Å². The summed E-state index contributed by atoms with van der Waals surface area (Å²) < 4.78 is 31.8. The Bertz CT molecular complexity index is 987. The molecule has 29 heavy (non-hydrogen) atoms. The van der Waals surface area contributed by atoms with Crippen molar-refractivity contribution in [3.63, 3.8) is 0 Å². The van der Waals surface area contributed by atoms with Crippen LogP contribution in [-0.2, 0) is 14.8 Å².